The highest BCUT2D eigenvalue weighted by molar-refractivity contribution is 7.99. The molecule has 5 heteroatoms. The molecule has 0 fully saturated rings. The first-order valence-electron chi connectivity index (χ1n) is 8.45. The largest absolute Gasteiger partial charge is 0.370 e. The van der Waals surface area contributed by atoms with Crippen LogP contribution < -0.4 is 4.90 Å². The third-order valence-corrected chi connectivity index (χ3v) is 5.15. The van der Waals surface area contributed by atoms with Gasteiger partial charge in [-0.05, 0) is 13.8 Å². The number of hydrogen-bond donors (Lipinski definition) is 1. The summed E-state index contributed by atoms with van der Waals surface area (Å²) in [5.74, 6) is 1.87. The van der Waals surface area contributed by atoms with Crippen molar-refractivity contribution < 1.29 is 9.64 Å². The molecule has 128 valence electrons. The first-order chi connectivity index (χ1) is 11.4. The SMILES string of the molecule is C[NH+](C)CCSc1nc(-c2ccccc2)nc2c1COC(C)(C)C2. The van der Waals surface area contributed by atoms with Crippen LogP contribution in [0.2, 0.25) is 0 Å². The molecular weight excluding hydrogens is 318 g/mol. The quantitative estimate of drug-likeness (QED) is 0.667. The van der Waals surface area contributed by atoms with Crippen LogP contribution in [0.5, 0.6) is 0 Å². The molecular formula is C19H26N3OS+. The summed E-state index contributed by atoms with van der Waals surface area (Å²) in [7, 11) is 4.36. The van der Waals surface area contributed by atoms with E-state index in [1.165, 1.54) is 10.5 Å². The van der Waals surface area contributed by atoms with Gasteiger partial charge in [0.05, 0.1) is 38.5 Å². The Morgan fingerprint density at radius 1 is 1.17 bits per heavy atom. The number of thioether (sulfide) groups is 1. The number of fused-ring (bicyclic) bond motifs is 1. The molecule has 2 aromatic rings. The fourth-order valence-corrected chi connectivity index (χ4v) is 3.91. The van der Waals surface area contributed by atoms with Gasteiger partial charge in [-0.2, -0.15) is 0 Å². The van der Waals surface area contributed by atoms with Crippen molar-refractivity contribution in [2.75, 3.05) is 26.4 Å². The normalized spacial score (nSPS) is 16.2. The van der Waals surface area contributed by atoms with E-state index in [4.69, 9.17) is 14.7 Å². The molecule has 1 aromatic carbocycles. The smallest absolute Gasteiger partial charge is 0.160 e. The average molecular weight is 345 g/mol. The first kappa shape index (κ1) is 17.4. The van der Waals surface area contributed by atoms with Crippen LogP contribution in [0.25, 0.3) is 11.4 Å². The Kier molecular flexibility index (Phi) is 5.23. The fourth-order valence-electron chi connectivity index (χ4n) is 2.71. The predicted molar refractivity (Wildman–Crippen MR) is 98.4 cm³/mol. The van der Waals surface area contributed by atoms with Crippen molar-refractivity contribution in [2.24, 2.45) is 0 Å². The molecule has 0 aliphatic carbocycles. The number of rotatable bonds is 5. The summed E-state index contributed by atoms with van der Waals surface area (Å²) in [4.78, 5) is 11.2. The van der Waals surface area contributed by atoms with Gasteiger partial charge in [0.2, 0.25) is 0 Å². The summed E-state index contributed by atoms with van der Waals surface area (Å²) in [6, 6.07) is 10.2. The molecule has 3 rings (SSSR count). The van der Waals surface area contributed by atoms with Gasteiger partial charge in [-0.25, -0.2) is 9.97 Å². The second-order valence-electron chi connectivity index (χ2n) is 7.17. The van der Waals surface area contributed by atoms with Gasteiger partial charge in [0.1, 0.15) is 5.03 Å². The lowest BCUT2D eigenvalue weighted by Gasteiger charge is -2.32. The van der Waals surface area contributed by atoms with Gasteiger partial charge in [0, 0.05) is 23.3 Å². The third kappa shape index (κ3) is 4.15. The Morgan fingerprint density at radius 3 is 2.62 bits per heavy atom. The minimum absolute atomic E-state index is 0.162. The maximum atomic E-state index is 6.01. The van der Waals surface area contributed by atoms with Crippen LogP contribution in [0, 0.1) is 0 Å². The van der Waals surface area contributed by atoms with Crippen LogP contribution in [0.4, 0.5) is 0 Å². The van der Waals surface area contributed by atoms with Gasteiger partial charge in [-0.15, -0.1) is 11.8 Å². The first-order valence-corrected chi connectivity index (χ1v) is 9.44. The topological polar surface area (TPSA) is 39.5 Å². The van der Waals surface area contributed by atoms with Crippen LogP contribution in [0.15, 0.2) is 35.4 Å². The van der Waals surface area contributed by atoms with Crippen molar-refractivity contribution in [1.82, 2.24) is 9.97 Å². The minimum Gasteiger partial charge on any atom is -0.370 e. The van der Waals surface area contributed by atoms with Crippen molar-refractivity contribution in [2.45, 2.75) is 37.5 Å². The van der Waals surface area contributed by atoms with Crippen LogP contribution >= 0.6 is 11.8 Å². The molecule has 1 aliphatic rings. The van der Waals surface area contributed by atoms with E-state index in [0.29, 0.717) is 6.61 Å². The number of nitrogens with zero attached hydrogens (tertiary/aromatic N) is 2. The molecule has 0 bridgehead atoms. The van der Waals surface area contributed by atoms with Gasteiger partial charge in [-0.3, -0.25) is 0 Å². The highest BCUT2D eigenvalue weighted by atomic mass is 32.2. The van der Waals surface area contributed by atoms with Crippen molar-refractivity contribution in [3.63, 3.8) is 0 Å². The van der Waals surface area contributed by atoms with Gasteiger partial charge in [0.15, 0.2) is 5.82 Å². The van der Waals surface area contributed by atoms with Gasteiger partial charge in [-0.1, -0.05) is 30.3 Å². The highest BCUT2D eigenvalue weighted by Gasteiger charge is 2.30. The molecule has 0 saturated carbocycles. The van der Waals surface area contributed by atoms with Crippen molar-refractivity contribution >= 4 is 11.8 Å². The number of ether oxygens (including phenoxy) is 1. The molecule has 4 nitrogen and oxygen atoms in total. The Bertz CT molecular complexity index is 701. The lowest BCUT2D eigenvalue weighted by Crippen LogP contribution is -3.06. The van der Waals surface area contributed by atoms with E-state index >= 15 is 0 Å². The van der Waals surface area contributed by atoms with Crippen LogP contribution in [-0.2, 0) is 17.8 Å². The van der Waals surface area contributed by atoms with E-state index in [1.807, 2.05) is 30.0 Å². The zero-order valence-electron chi connectivity index (χ0n) is 14.9. The van der Waals surface area contributed by atoms with Crippen molar-refractivity contribution in [3.8, 4) is 11.4 Å². The van der Waals surface area contributed by atoms with Gasteiger partial charge >= 0.3 is 0 Å². The highest BCUT2D eigenvalue weighted by Crippen LogP contribution is 2.33. The number of aromatic nitrogens is 2. The third-order valence-electron chi connectivity index (χ3n) is 4.13. The molecule has 1 N–H and O–H groups in total. The fraction of sp³-hybridized carbons (Fsp3) is 0.474. The van der Waals surface area contributed by atoms with E-state index in [1.54, 1.807) is 0 Å². The summed E-state index contributed by atoms with van der Waals surface area (Å²) in [6.45, 7) is 5.97. The second kappa shape index (κ2) is 7.21. The number of hydrogen-bond acceptors (Lipinski definition) is 4. The zero-order valence-corrected chi connectivity index (χ0v) is 15.7. The van der Waals surface area contributed by atoms with E-state index in [0.717, 1.165) is 40.8 Å². The molecule has 0 amide bonds. The summed E-state index contributed by atoms with van der Waals surface area (Å²) in [5, 5.41) is 1.08. The summed E-state index contributed by atoms with van der Waals surface area (Å²) >= 11 is 1.82. The van der Waals surface area contributed by atoms with Crippen molar-refractivity contribution in [1.29, 1.82) is 0 Å². The molecule has 0 radical (unpaired) electrons. The lowest BCUT2D eigenvalue weighted by atomic mass is 9.96. The molecule has 1 aromatic heterocycles. The summed E-state index contributed by atoms with van der Waals surface area (Å²) in [5.41, 5.74) is 3.22. The van der Waals surface area contributed by atoms with Crippen LogP contribution in [-0.4, -0.2) is 42.0 Å². The van der Waals surface area contributed by atoms with E-state index < -0.39 is 0 Å². The lowest BCUT2D eigenvalue weighted by molar-refractivity contribution is -0.855. The zero-order chi connectivity index (χ0) is 17.2. The monoisotopic (exact) mass is 344 g/mol. The van der Waals surface area contributed by atoms with E-state index in [9.17, 15) is 0 Å². The molecule has 0 spiro atoms. The molecule has 0 atom stereocenters. The van der Waals surface area contributed by atoms with E-state index in [2.05, 4.69) is 40.1 Å². The predicted octanol–water partition coefficient (Wildman–Crippen LogP) is 2.23. The van der Waals surface area contributed by atoms with Gasteiger partial charge in [0.25, 0.3) is 0 Å². The average Bonchev–Trinajstić information content (AvgIpc) is 2.54. The molecule has 2 heterocycles. The molecule has 0 saturated heterocycles. The second-order valence-corrected chi connectivity index (χ2v) is 8.26. The minimum atomic E-state index is -0.162. The Balaban J connectivity index is 1.97. The van der Waals surface area contributed by atoms with E-state index in [-0.39, 0.29) is 5.60 Å². The Hall–Kier alpha value is -1.43. The molecule has 24 heavy (non-hydrogen) atoms. The summed E-state index contributed by atoms with van der Waals surface area (Å²) < 4.78 is 6.01. The van der Waals surface area contributed by atoms with Gasteiger partial charge < -0.3 is 9.64 Å². The standard InChI is InChI=1S/C19H25N3OS/c1-19(2)12-16-15(13-23-19)18(24-11-10-22(3)4)21-17(20-16)14-8-6-5-7-9-14/h5-9H,10-13H2,1-4H3/p+1. The molecule has 0 unspecified atom stereocenters. The number of quaternary nitrogens is 1. The summed E-state index contributed by atoms with van der Waals surface area (Å²) in [6.07, 6.45) is 0.831. The maximum absolute atomic E-state index is 6.01. The Morgan fingerprint density at radius 2 is 1.92 bits per heavy atom. The Labute approximate surface area is 148 Å². The van der Waals surface area contributed by atoms with Crippen molar-refractivity contribution in [3.05, 3.63) is 41.6 Å². The maximum Gasteiger partial charge on any atom is 0.160 e. The van der Waals surface area contributed by atoms with Crippen LogP contribution in [0.3, 0.4) is 0 Å². The number of benzene rings is 1. The number of nitrogens with one attached hydrogen (secondary N) is 1. The van der Waals surface area contributed by atoms with Crippen LogP contribution in [0.1, 0.15) is 25.1 Å². The molecule has 1 aliphatic heterocycles.